The van der Waals surface area contributed by atoms with E-state index in [2.05, 4.69) is 19.2 Å². The van der Waals surface area contributed by atoms with Crippen LogP contribution in [0.3, 0.4) is 0 Å². The molecule has 2 aromatic rings. The molecule has 0 aromatic heterocycles. The minimum Gasteiger partial charge on any atom is -0.327 e. The molecule has 162 valence electrons. The Kier molecular flexibility index (Phi) is 6.78. The van der Waals surface area contributed by atoms with Crippen LogP contribution < -0.4 is 5.32 Å². The molecular weight excluding hydrogens is 420 g/mol. The lowest BCUT2D eigenvalue weighted by atomic mass is 9.85. The van der Waals surface area contributed by atoms with Gasteiger partial charge in [-0.3, -0.25) is 0 Å². The van der Waals surface area contributed by atoms with Crippen LogP contribution in [0.2, 0.25) is 5.02 Å². The van der Waals surface area contributed by atoms with Crippen LogP contribution in [0.4, 0.5) is 4.79 Å². The summed E-state index contributed by atoms with van der Waals surface area (Å²) in [6, 6.07) is 13.4. The van der Waals surface area contributed by atoms with Crippen molar-refractivity contribution in [2.75, 3.05) is 19.3 Å². The van der Waals surface area contributed by atoms with Gasteiger partial charge in [-0.15, -0.1) is 0 Å². The van der Waals surface area contributed by atoms with E-state index >= 15 is 0 Å². The van der Waals surface area contributed by atoms with Crippen LogP contribution in [0.5, 0.6) is 0 Å². The normalized spacial score (nSPS) is 17.8. The highest BCUT2D eigenvalue weighted by Gasteiger charge is 2.27. The third-order valence-corrected chi connectivity index (χ3v) is 7.08. The van der Waals surface area contributed by atoms with Crippen molar-refractivity contribution in [1.29, 1.82) is 0 Å². The lowest BCUT2D eigenvalue weighted by Crippen LogP contribution is -2.42. The minimum absolute atomic E-state index is 0.141. The number of carbonyl (C=O) groups excluding carboxylic acids is 1. The first-order chi connectivity index (χ1) is 14.0. The molecule has 1 N–H and O–H groups in total. The van der Waals surface area contributed by atoms with Gasteiger partial charge in [-0.2, -0.15) is 0 Å². The molecular formula is C23H29ClN2O3S. The molecule has 1 saturated heterocycles. The summed E-state index contributed by atoms with van der Waals surface area (Å²) < 4.78 is 24.1. The molecule has 1 fully saturated rings. The molecule has 0 radical (unpaired) electrons. The van der Waals surface area contributed by atoms with Gasteiger partial charge in [0.15, 0.2) is 9.84 Å². The van der Waals surface area contributed by atoms with Gasteiger partial charge in [-0.05, 0) is 60.1 Å². The van der Waals surface area contributed by atoms with Gasteiger partial charge in [-0.25, -0.2) is 13.2 Å². The molecule has 1 aliphatic heterocycles. The molecule has 7 heteroatoms. The van der Waals surface area contributed by atoms with E-state index in [0.717, 1.165) is 24.8 Å². The first-order valence-corrected chi connectivity index (χ1v) is 12.4. The Morgan fingerprint density at radius 1 is 1.07 bits per heavy atom. The van der Waals surface area contributed by atoms with Crippen LogP contribution in [0.15, 0.2) is 53.4 Å². The van der Waals surface area contributed by atoms with Gasteiger partial charge < -0.3 is 10.2 Å². The number of amides is 2. The molecule has 2 aromatic carbocycles. The molecule has 1 unspecified atom stereocenters. The maximum absolute atomic E-state index is 13.1. The van der Waals surface area contributed by atoms with Crippen LogP contribution >= 0.6 is 11.6 Å². The average molecular weight is 449 g/mol. The number of urea groups is 1. The summed E-state index contributed by atoms with van der Waals surface area (Å²) in [5.74, 6) is 0. The van der Waals surface area contributed by atoms with E-state index in [4.69, 9.17) is 11.6 Å². The van der Waals surface area contributed by atoms with E-state index in [0.29, 0.717) is 23.7 Å². The van der Waals surface area contributed by atoms with E-state index in [1.807, 2.05) is 23.1 Å². The largest absolute Gasteiger partial charge is 0.327 e. The van der Waals surface area contributed by atoms with Crippen LogP contribution in [0.25, 0.3) is 0 Å². The summed E-state index contributed by atoms with van der Waals surface area (Å²) >= 11 is 6.04. The van der Waals surface area contributed by atoms with Gasteiger partial charge in [0.25, 0.3) is 0 Å². The number of carbonyl (C=O) groups is 1. The average Bonchev–Trinajstić information content (AvgIpc) is 2.87. The molecule has 3 rings (SSSR count). The fourth-order valence-corrected chi connectivity index (χ4v) is 4.58. The standard InChI is InChI=1S/C23H29ClN2O3S/c1-23(2)12-5-14-26(15-13-23)22(27)25-21(17-8-10-19(24)11-9-17)18-6-4-7-20(16-18)30(3,28)29/h4,6-11,16,21H,5,12-15H2,1-3H3,(H,25,27). The fourth-order valence-electron chi connectivity index (χ4n) is 3.78. The Morgan fingerprint density at radius 2 is 1.77 bits per heavy atom. The molecule has 1 atom stereocenters. The summed E-state index contributed by atoms with van der Waals surface area (Å²) in [6.07, 6.45) is 4.19. The Morgan fingerprint density at radius 3 is 2.43 bits per heavy atom. The number of nitrogens with zero attached hydrogens (tertiary/aromatic N) is 1. The number of halogens is 1. The summed E-state index contributed by atoms with van der Waals surface area (Å²) in [7, 11) is -3.36. The molecule has 0 saturated carbocycles. The Balaban J connectivity index is 1.91. The van der Waals surface area contributed by atoms with Gasteiger partial charge >= 0.3 is 6.03 Å². The number of nitrogens with one attached hydrogen (secondary N) is 1. The second-order valence-electron chi connectivity index (χ2n) is 8.78. The third-order valence-electron chi connectivity index (χ3n) is 5.72. The molecule has 0 spiro atoms. The quantitative estimate of drug-likeness (QED) is 0.711. The zero-order valence-corrected chi connectivity index (χ0v) is 19.3. The van der Waals surface area contributed by atoms with Crippen LogP contribution in [0.1, 0.15) is 50.3 Å². The van der Waals surface area contributed by atoms with Crippen molar-refractivity contribution in [1.82, 2.24) is 10.2 Å². The summed E-state index contributed by atoms with van der Waals surface area (Å²) in [5, 5.41) is 3.72. The molecule has 0 bridgehead atoms. The van der Waals surface area contributed by atoms with Crippen molar-refractivity contribution >= 4 is 27.5 Å². The van der Waals surface area contributed by atoms with Crippen molar-refractivity contribution in [2.45, 2.75) is 44.0 Å². The van der Waals surface area contributed by atoms with Crippen molar-refractivity contribution in [3.05, 3.63) is 64.7 Å². The maximum Gasteiger partial charge on any atom is 0.318 e. The molecule has 30 heavy (non-hydrogen) atoms. The van der Waals surface area contributed by atoms with Gasteiger partial charge in [-0.1, -0.05) is 49.7 Å². The van der Waals surface area contributed by atoms with Crippen molar-refractivity contribution < 1.29 is 13.2 Å². The Hall–Kier alpha value is -2.05. The van der Waals surface area contributed by atoms with E-state index in [1.54, 1.807) is 30.3 Å². The fraction of sp³-hybridized carbons (Fsp3) is 0.435. The Labute approximate surface area is 184 Å². The molecule has 2 amide bonds. The van der Waals surface area contributed by atoms with Gasteiger partial charge in [0.2, 0.25) is 0 Å². The van der Waals surface area contributed by atoms with Gasteiger partial charge in [0, 0.05) is 24.4 Å². The van der Waals surface area contributed by atoms with Crippen LogP contribution in [-0.2, 0) is 9.84 Å². The molecule has 1 aliphatic rings. The van der Waals surface area contributed by atoms with Crippen molar-refractivity contribution in [2.24, 2.45) is 5.41 Å². The summed E-state index contributed by atoms with van der Waals surface area (Å²) in [4.78, 5) is 15.2. The van der Waals surface area contributed by atoms with Crippen LogP contribution in [0, 0.1) is 5.41 Å². The highest BCUT2D eigenvalue weighted by atomic mass is 35.5. The Bertz CT molecular complexity index is 1000. The second-order valence-corrected chi connectivity index (χ2v) is 11.2. The van der Waals surface area contributed by atoms with E-state index in [-0.39, 0.29) is 16.3 Å². The zero-order chi connectivity index (χ0) is 21.9. The lowest BCUT2D eigenvalue weighted by Gasteiger charge is -2.27. The third kappa shape index (κ3) is 5.76. The topological polar surface area (TPSA) is 66.5 Å². The van der Waals surface area contributed by atoms with Crippen molar-refractivity contribution in [3.8, 4) is 0 Å². The second kappa shape index (κ2) is 8.98. The first kappa shape index (κ1) is 22.6. The molecule has 5 nitrogen and oxygen atoms in total. The maximum atomic E-state index is 13.1. The number of rotatable bonds is 4. The predicted molar refractivity (Wildman–Crippen MR) is 121 cm³/mol. The number of likely N-dealkylation sites (tertiary alicyclic amines) is 1. The van der Waals surface area contributed by atoms with E-state index < -0.39 is 15.9 Å². The lowest BCUT2D eigenvalue weighted by molar-refractivity contribution is 0.195. The summed E-state index contributed by atoms with van der Waals surface area (Å²) in [5.41, 5.74) is 1.78. The van der Waals surface area contributed by atoms with Crippen molar-refractivity contribution in [3.63, 3.8) is 0 Å². The van der Waals surface area contributed by atoms with Gasteiger partial charge in [0.05, 0.1) is 10.9 Å². The SMILES string of the molecule is CC1(C)CCCN(C(=O)NC(c2ccc(Cl)cc2)c2cccc(S(C)(=O)=O)c2)CC1. The number of hydrogen-bond acceptors (Lipinski definition) is 3. The highest BCUT2D eigenvalue weighted by molar-refractivity contribution is 7.90. The van der Waals surface area contributed by atoms with E-state index in [1.165, 1.54) is 6.26 Å². The minimum atomic E-state index is -3.36. The summed E-state index contributed by atoms with van der Waals surface area (Å²) in [6.45, 7) is 5.89. The highest BCUT2D eigenvalue weighted by Crippen LogP contribution is 2.30. The monoisotopic (exact) mass is 448 g/mol. The smallest absolute Gasteiger partial charge is 0.318 e. The predicted octanol–water partition coefficient (Wildman–Crippen LogP) is 5.05. The number of benzene rings is 2. The van der Waals surface area contributed by atoms with Crippen LogP contribution in [-0.4, -0.2) is 38.7 Å². The first-order valence-electron chi connectivity index (χ1n) is 10.2. The van der Waals surface area contributed by atoms with Gasteiger partial charge in [0.1, 0.15) is 0 Å². The molecule has 1 heterocycles. The van der Waals surface area contributed by atoms with E-state index in [9.17, 15) is 13.2 Å². The zero-order valence-electron chi connectivity index (χ0n) is 17.7. The number of hydrogen-bond donors (Lipinski definition) is 1. The number of sulfone groups is 1. The molecule has 0 aliphatic carbocycles.